The molecule has 1 nitrogen and oxygen atoms in total. The van der Waals surface area contributed by atoms with Crippen LogP contribution in [0.25, 0.3) is 0 Å². The van der Waals surface area contributed by atoms with E-state index in [1.807, 2.05) is 30.3 Å². The molecule has 1 aromatic carbocycles. The zero-order valence-electron chi connectivity index (χ0n) is 13.6. The molecular formula is C17H26Cl2OSi. The van der Waals surface area contributed by atoms with Crippen molar-refractivity contribution in [1.82, 2.24) is 0 Å². The lowest BCUT2D eigenvalue weighted by molar-refractivity contribution is 0.165. The van der Waals surface area contributed by atoms with Crippen LogP contribution < -0.4 is 0 Å². The fourth-order valence-electron chi connectivity index (χ4n) is 1.80. The number of allylic oxidation sites excluding steroid dienone is 1. The molecule has 21 heavy (non-hydrogen) atoms. The van der Waals surface area contributed by atoms with Gasteiger partial charge in [0.15, 0.2) is 12.7 Å². The van der Waals surface area contributed by atoms with Gasteiger partial charge in [0.1, 0.15) is 6.10 Å². The number of rotatable bonds is 6. The molecule has 1 rings (SSSR count). The summed E-state index contributed by atoms with van der Waals surface area (Å²) < 4.78 is 5.52. The Kier molecular flexibility index (Phi) is 6.14. The van der Waals surface area contributed by atoms with Gasteiger partial charge in [-0.25, -0.2) is 0 Å². The lowest BCUT2D eigenvalue weighted by Gasteiger charge is -2.42. The van der Waals surface area contributed by atoms with E-state index in [1.165, 1.54) is 0 Å². The van der Waals surface area contributed by atoms with Crippen LogP contribution in [0.5, 0.6) is 0 Å². The minimum Gasteiger partial charge on any atom is -0.407 e. The third-order valence-electron chi connectivity index (χ3n) is 4.12. The van der Waals surface area contributed by atoms with Crippen LogP contribution in [0.4, 0.5) is 0 Å². The van der Waals surface area contributed by atoms with E-state index < -0.39 is 12.7 Å². The number of halogens is 2. The van der Waals surface area contributed by atoms with Gasteiger partial charge < -0.3 is 4.43 Å². The highest BCUT2D eigenvalue weighted by Gasteiger charge is 2.45. The van der Waals surface area contributed by atoms with E-state index in [-0.39, 0.29) is 11.1 Å². The summed E-state index contributed by atoms with van der Waals surface area (Å²) in [5.74, 6) is 0. The van der Waals surface area contributed by atoms with Crippen molar-refractivity contribution in [2.75, 3.05) is 0 Å². The summed E-state index contributed by atoms with van der Waals surface area (Å²) in [4.78, 5) is 0. The third-order valence-corrected chi connectivity index (χ3v) is 9.26. The van der Waals surface area contributed by atoms with Gasteiger partial charge in [-0.15, -0.1) is 6.58 Å². The second-order valence-electron chi connectivity index (χ2n) is 6.92. The molecule has 1 atom stereocenters. The lowest BCUT2D eigenvalue weighted by atomic mass is 10.0. The van der Waals surface area contributed by atoms with Gasteiger partial charge in [-0.2, -0.15) is 0 Å². The Morgan fingerprint density at radius 1 is 1.19 bits per heavy atom. The highest BCUT2D eigenvalue weighted by atomic mass is 35.5. The van der Waals surface area contributed by atoms with Crippen molar-refractivity contribution in [3.63, 3.8) is 0 Å². The molecule has 1 unspecified atom stereocenters. The van der Waals surface area contributed by atoms with Crippen LogP contribution in [-0.4, -0.2) is 12.7 Å². The van der Waals surface area contributed by atoms with Gasteiger partial charge >= 0.3 is 0 Å². The Balaban J connectivity index is 3.19. The van der Waals surface area contributed by atoms with Crippen LogP contribution in [0.2, 0.25) is 18.1 Å². The van der Waals surface area contributed by atoms with Crippen LogP contribution in [-0.2, 0) is 4.43 Å². The fourth-order valence-corrected chi connectivity index (χ4v) is 3.79. The number of hydrogen-bond donors (Lipinski definition) is 0. The molecule has 0 amide bonds. The molecule has 0 aromatic heterocycles. The predicted octanol–water partition coefficient (Wildman–Crippen LogP) is 6.50. The Morgan fingerprint density at radius 3 is 2.14 bits per heavy atom. The molecule has 1 aromatic rings. The number of alkyl halides is 2. The average Bonchev–Trinajstić information content (AvgIpc) is 2.35. The molecule has 0 aliphatic heterocycles. The minimum absolute atomic E-state index is 0.0953. The standard InChI is InChI=1S/C17H26Cl2OSi/c1-7-13-17(18,19)15(14-11-9-8-10-12-14)20-21(5,6)16(2,3)4/h7-12,15H,1,13H2,2-6H3. The van der Waals surface area contributed by atoms with Crippen molar-refractivity contribution in [3.8, 4) is 0 Å². The summed E-state index contributed by atoms with van der Waals surface area (Å²) in [5, 5.41) is 0.0953. The van der Waals surface area contributed by atoms with Crippen LogP contribution in [0.15, 0.2) is 43.0 Å². The van der Waals surface area contributed by atoms with Crippen molar-refractivity contribution in [2.24, 2.45) is 0 Å². The van der Waals surface area contributed by atoms with Gasteiger partial charge in [-0.3, -0.25) is 0 Å². The van der Waals surface area contributed by atoms with E-state index in [4.69, 9.17) is 27.6 Å². The first kappa shape index (κ1) is 18.8. The Bertz CT molecular complexity index is 463. The first-order chi connectivity index (χ1) is 9.51. The maximum Gasteiger partial charge on any atom is 0.193 e. The van der Waals surface area contributed by atoms with Gasteiger partial charge in [-0.1, -0.05) is 80.4 Å². The first-order valence-electron chi connectivity index (χ1n) is 7.23. The number of benzene rings is 1. The average molecular weight is 345 g/mol. The van der Waals surface area contributed by atoms with Gasteiger partial charge in [0, 0.05) is 6.42 Å². The molecule has 0 spiro atoms. The number of hydrogen-bond acceptors (Lipinski definition) is 1. The third kappa shape index (κ3) is 4.85. The van der Waals surface area contributed by atoms with E-state index in [1.54, 1.807) is 6.08 Å². The van der Waals surface area contributed by atoms with Crippen molar-refractivity contribution >= 4 is 31.5 Å². The second-order valence-corrected chi connectivity index (χ2v) is 13.2. The first-order valence-corrected chi connectivity index (χ1v) is 10.9. The molecule has 0 saturated carbocycles. The Labute approximate surface area is 140 Å². The van der Waals surface area contributed by atoms with E-state index in [0.29, 0.717) is 6.42 Å². The maximum atomic E-state index is 6.58. The van der Waals surface area contributed by atoms with Crippen molar-refractivity contribution in [1.29, 1.82) is 0 Å². The fraction of sp³-hybridized carbons (Fsp3) is 0.529. The SMILES string of the molecule is C=CCC(Cl)(Cl)C(O[Si](C)(C)C(C)(C)C)c1ccccc1. The topological polar surface area (TPSA) is 9.23 Å². The highest BCUT2D eigenvalue weighted by Crippen LogP contribution is 2.47. The molecule has 4 heteroatoms. The lowest BCUT2D eigenvalue weighted by Crippen LogP contribution is -2.45. The second kappa shape index (κ2) is 6.87. The Hall–Kier alpha value is -0.283. The van der Waals surface area contributed by atoms with E-state index in [9.17, 15) is 0 Å². The maximum absolute atomic E-state index is 6.58. The quantitative estimate of drug-likeness (QED) is 0.325. The highest BCUT2D eigenvalue weighted by molar-refractivity contribution is 6.74. The largest absolute Gasteiger partial charge is 0.407 e. The summed E-state index contributed by atoms with van der Waals surface area (Å²) in [6, 6.07) is 9.97. The van der Waals surface area contributed by atoms with Crippen molar-refractivity contribution < 1.29 is 4.43 Å². The van der Waals surface area contributed by atoms with Gasteiger partial charge in [0.2, 0.25) is 0 Å². The molecule has 118 valence electrons. The summed E-state index contributed by atoms with van der Waals surface area (Å²) in [5.41, 5.74) is 1.01. The van der Waals surface area contributed by atoms with Gasteiger partial charge in [-0.05, 0) is 23.7 Å². The van der Waals surface area contributed by atoms with Crippen LogP contribution >= 0.6 is 23.2 Å². The molecule has 0 heterocycles. The zero-order valence-corrected chi connectivity index (χ0v) is 16.1. The van der Waals surface area contributed by atoms with Gasteiger partial charge in [0.25, 0.3) is 0 Å². The minimum atomic E-state index is -1.99. The van der Waals surface area contributed by atoms with E-state index in [2.05, 4.69) is 40.4 Å². The predicted molar refractivity (Wildman–Crippen MR) is 96.7 cm³/mol. The van der Waals surface area contributed by atoms with E-state index in [0.717, 1.165) is 5.56 Å². The smallest absolute Gasteiger partial charge is 0.193 e. The van der Waals surface area contributed by atoms with Crippen LogP contribution in [0, 0.1) is 0 Å². The molecule has 0 N–H and O–H groups in total. The van der Waals surface area contributed by atoms with Crippen molar-refractivity contribution in [2.45, 2.75) is 55.8 Å². The van der Waals surface area contributed by atoms with Gasteiger partial charge in [0.05, 0.1) is 0 Å². The van der Waals surface area contributed by atoms with Crippen LogP contribution in [0.3, 0.4) is 0 Å². The molecule has 0 bridgehead atoms. The summed E-state index contributed by atoms with van der Waals surface area (Å²) in [6.45, 7) is 14.8. The monoisotopic (exact) mass is 344 g/mol. The normalized spacial score (nSPS) is 14.8. The summed E-state index contributed by atoms with van der Waals surface area (Å²) >= 11 is 13.2. The Morgan fingerprint density at radius 2 is 1.71 bits per heavy atom. The van der Waals surface area contributed by atoms with Crippen molar-refractivity contribution in [3.05, 3.63) is 48.6 Å². The molecule has 0 radical (unpaired) electrons. The molecule has 0 aliphatic carbocycles. The summed E-state index contributed by atoms with van der Waals surface area (Å²) in [6.07, 6.45) is 1.86. The molecule has 0 aliphatic rings. The van der Waals surface area contributed by atoms with Crippen LogP contribution in [0.1, 0.15) is 38.9 Å². The molecular weight excluding hydrogens is 319 g/mol. The molecule has 0 saturated heterocycles. The zero-order chi connectivity index (χ0) is 16.3. The van der Waals surface area contributed by atoms with E-state index >= 15 is 0 Å². The molecule has 0 fully saturated rings. The summed E-state index contributed by atoms with van der Waals surface area (Å²) in [7, 11) is -1.99.